The molecule has 0 radical (unpaired) electrons. The van der Waals surface area contributed by atoms with Gasteiger partial charge in [-0.3, -0.25) is 4.98 Å². The Balaban J connectivity index is 1.63. The SMILES string of the molecule is CSC1=N/C(C)=N/C(Nc2ccc(Oc3ccncc3)cc2)=N\C/C(c2cccc(C)c2)=C\1C#N. The van der Waals surface area contributed by atoms with Crippen LogP contribution >= 0.6 is 11.8 Å². The lowest BCUT2D eigenvalue weighted by Gasteiger charge is -2.11. The maximum Gasteiger partial charge on any atom is 0.224 e. The Kier molecular flexibility index (Phi) is 7.70. The monoisotopic (exact) mass is 480 g/mol. The molecule has 1 aliphatic heterocycles. The van der Waals surface area contributed by atoms with E-state index in [2.05, 4.69) is 32.4 Å². The lowest BCUT2D eigenvalue weighted by atomic mass is 9.99. The summed E-state index contributed by atoms with van der Waals surface area (Å²) in [5.41, 5.74) is 4.19. The fourth-order valence-corrected chi connectivity index (χ4v) is 4.05. The average Bonchev–Trinajstić information content (AvgIpc) is 2.93. The molecular formula is C27H24N6OS. The molecule has 0 saturated carbocycles. The third-order valence-corrected chi connectivity index (χ3v) is 5.78. The van der Waals surface area contributed by atoms with Gasteiger partial charge >= 0.3 is 0 Å². The number of ether oxygens (including phenoxy) is 1. The number of thioether (sulfide) groups is 1. The van der Waals surface area contributed by atoms with Crippen molar-refractivity contribution >= 4 is 39.9 Å². The van der Waals surface area contributed by atoms with E-state index in [1.165, 1.54) is 11.8 Å². The van der Waals surface area contributed by atoms with E-state index in [-0.39, 0.29) is 6.54 Å². The van der Waals surface area contributed by atoms with Crippen LogP contribution in [-0.2, 0) is 0 Å². The number of nitrogens with one attached hydrogen (secondary N) is 1. The van der Waals surface area contributed by atoms with E-state index in [0.717, 1.165) is 22.4 Å². The molecular weight excluding hydrogens is 456 g/mol. The number of anilines is 1. The Labute approximate surface area is 209 Å². The molecule has 3 aromatic rings. The molecule has 4 rings (SSSR count). The summed E-state index contributed by atoms with van der Waals surface area (Å²) in [5.74, 6) is 2.35. The molecule has 2 heterocycles. The Hall–Kier alpha value is -4.22. The van der Waals surface area contributed by atoms with Crippen molar-refractivity contribution in [1.82, 2.24) is 4.98 Å². The van der Waals surface area contributed by atoms with Crippen molar-refractivity contribution in [2.24, 2.45) is 15.0 Å². The summed E-state index contributed by atoms with van der Waals surface area (Å²) in [4.78, 5) is 17.9. The largest absolute Gasteiger partial charge is 0.457 e. The fourth-order valence-electron chi connectivity index (χ4n) is 3.46. The van der Waals surface area contributed by atoms with Crippen LogP contribution in [0.2, 0.25) is 0 Å². The summed E-state index contributed by atoms with van der Waals surface area (Å²) in [5, 5.41) is 13.9. The highest BCUT2D eigenvalue weighted by Gasteiger charge is 2.17. The van der Waals surface area contributed by atoms with Crippen molar-refractivity contribution in [1.29, 1.82) is 5.26 Å². The Morgan fingerprint density at radius 1 is 0.971 bits per heavy atom. The lowest BCUT2D eigenvalue weighted by Crippen LogP contribution is -2.12. The van der Waals surface area contributed by atoms with E-state index in [4.69, 9.17) is 9.73 Å². The number of benzene rings is 2. The number of hydrogen-bond donors (Lipinski definition) is 1. The smallest absolute Gasteiger partial charge is 0.224 e. The summed E-state index contributed by atoms with van der Waals surface area (Å²) >= 11 is 1.42. The van der Waals surface area contributed by atoms with Gasteiger partial charge in [0.1, 0.15) is 28.4 Å². The normalized spacial score (nSPS) is 20.5. The third kappa shape index (κ3) is 6.22. The van der Waals surface area contributed by atoms with Crippen molar-refractivity contribution in [3.63, 3.8) is 0 Å². The predicted molar refractivity (Wildman–Crippen MR) is 144 cm³/mol. The number of aliphatic imine (C=N–C) groups is 3. The van der Waals surface area contributed by atoms with Crippen molar-refractivity contribution in [2.75, 3.05) is 18.1 Å². The minimum atomic E-state index is 0.286. The molecule has 35 heavy (non-hydrogen) atoms. The number of aromatic nitrogens is 1. The molecule has 0 bridgehead atoms. The second kappa shape index (κ2) is 11.3. The topological polar surface area (TPSA) is 95.0 Å². The fraction of sp³-hybridized carbons (Fsp3) is 0.148. The molecule has 174 valence electrons. The Morgan fingerprint density at radius 2 is 1.71 bits per heavy atom. The molecule has 0 atom stereocenters. The number of amidine groups is 1. The van der Waals surface area contributed by atoms with Crippen LogP contribution in [0, 0.1) is 18.3 Å². The predicted octanol–water partition coefficient (Wildman–Crippen LogP) is 6.12. The number of guanidine groups is 1. The molecule has 0 fully saturated rings. The molecule has 1 N–H and O–H groups in total. The average molecular weight is 481 g/mol. The number of aryl methyl sites for hydroxylation is 1. The maximum absolute atomic E-state index is 10.0. The quantitative estimate of drug-likeness (QED) is 0.485. The van der Waals surface area contributed by atoms with Crippen LogP contribution in [0.3, 0.4) is 0 Å². The van der Waals surface area contributed by atoms with Gasteiger partial charge in [-0.15, -0.1) is 11.8 Å². The first-order valence-corrected chi connectivity index (χ1v) is 12.2. The number of hydrogen-bond acceptors (Lipinski definition) is 8. The second-order valence-electron chi connectivity index (χ2n) is 7.69. The lowest BCUT2D eigenvalue weighted by molar-refractivity contribution is 0.482. The van der Waals surface area contributed by atoms with Crippen LogP contribution in [0.5, 0.6) is 11.5 Å². The highest BCUT2D eigenvalue weighted by molar-refractivity contribution is 8.13. The van der Waals surface area contributed by atoms with Crippen LogP contribution in [0.25, 0.3) is 5.57 Å². The highest BCUT2D eigenvalue weighted by Crippen LogP contribution is 2.26. The molecule has 2 aromatic carbocycles. The van der Waals surface area contributed by atoms with Gasteiger partial charge in [-0.1, -0.05) is 29.8 Å². The summed E-state index contributed by atoms with van der Waals surface area (Å²) in [6, 6.07) is 21.5. The summed E-state index contributed by atoms with van der Waals surface area (Å²) in [6.45, 7) is 4.11. The van der Waals surface area contributed by atoms with E-state index in [1.807, 2.05) is 55.6 Å². The first-order valence-electron chi connectivity index (χ1n) is 10.9. The molecule has 1 aromatic heterocycles. The molecule has 8 heteroatoms. The van der Waals surface area contributed by atoms with Crippen LogP contribution in [0.15, 0.2) is 93.6 Å². The van der Waals surface area contributed by atoms with E-state index in [1.54, 1.807) is 31.5 Å². The number of nitriles is 1. The molecule has 0 spiro atoms. The van der Waals surface area contributed by atoms with Gasteiger partial charge in [-0.05, 0) is 62.1 Å². The molecule has 0 amide bonds. The Morgan fingerprint density at radius 3 is 2.40 bits per heavy atom. The minimum Gasteiger partial charge on any atom is -0.457 e. The summed E-state index contributed by atoms with van der Waals surface area (Å²) in [6.07, 6.45) is 5.27. The van der Waals surface area contributed by atoms with Gasteiger partial charge in [-0.2, -0.15) is 10.3 Å². The zero-order valence-corrected chi connectivity index (χ0v) is 20.5. The van der Waals surface area contributed by atoms with Crippen molar-refractivity contribution in [3.05, 3.63) is 89.8 Å². The standard InChI is InChI=1S/C27H24N6OS/c1-18-5-4-6-20(15-18)25-17-30-27(32-19(2)31-26(35-3)24(25)16-28)33-21-7-9-22(10-8-21)34-23-11-13-29-14-12-23/h4-15H,17H2,1-3H3,(H,30,33)/b25-24+,31-26+,32-19+. The molecule has 0 aliphatic carbocycles. The van der Waals surface area contributed by atoms with Crippen LogP contribution in [0.1, 0.15) is 18.1 Å². The van der Waals surface area contributed by atoms with Crippen molar-refractivity contribution in [3.8, 4) is 17.6 Å². The van der Waals surface area contributed by atoms with Gasteiger partial charge in [0.05, 0.1) is 12.1 Å². The maximum atomic E-state index is 10.0. The number of rotatable bonds is 4. The van der Waals surface area contributed by atoms with Gasteiger partial charge < -0.3 is 10.1 Å². The first kappa shape index (κ1) is 23.9. The van der Waals surface area contributed by atoms with Crippen molar-refractivity contribution in [2.45, 2.75) is 13.8 Å². The van der Waals surface area contributed by atoms with E-state index < -0.39 is 0 Å². The number of nitrogens with zero attached hydrogens (tertiary/aromatic N) is 5. The van der Waals surface area contributed by atoms with E-state index >= 15 is 0 Å². The van der Waals surface area contributed by atoms with Gasteiger partial charge in [0.2, 0.25) is 5.96 Å². The molecule has 7 nitrogen and oxygen atoms in total. The van der Waals surface area contributed by atoms with Gasteiger partial charge in [-0.25, -0.2) is 9.98 Å². The van der Waals surface area contributed by atoms with Gasteiger partial charge in [0, 0.05) is 23.7 Å². The zero-order valence-electron chi connectivity index (χ0n) is 19.7. The zero-order chi connectivity index (χ0) is 24.6. The van der Waals surface area contributed by atoms with Crippen LogP contribution < -0.4 is 10.1 Å². The minimum absolute atomic E-state index is 0.286. The molecule has 1 aliphatic rings. The van der Waals surface area contributed by atoms with Crippen molar-refractivity contribution < 1.29 is 4.74 Å². The highest BCUT2D eigenvalue weighted by atomic mass is 32.2. The summed E-state index contributed by atoms with van der Waals surface area (Å²) < 4.78 is 5.83. The van der Waals surface area contributed by atoms with E-state index in [0.29, 0.717) is 33.9 Å². The van der Waals surface area contributed by atoms with Crippen LogP contribution in [0.4, 0.5) is 5.69 Å². The summed E-state index contributed by atoms with van der Waals surface area (Å²) in [7, 11) is 0. The van der Waals surface area contributed by atoms with E-state index in [9.17, 15) is 5.26 Å². The number of pyridine rings is 1. The van der Waals surface area contributed by atoms with Crippen LogP contribution in [-0.4, -0.2) is 34.6 Å². The van der Waals surface area contributed by atoms with Gasteiger partial charge in [0.15, 0.2) is 0 Å². The molecule has 0 saturated heterocycles. The molecule has 0 unspecified atom stereocenters. The Bertz CT molecular complexity index is 1370. The van der Waals surface area contributed by atoms with Gasteiger partial charge in [0.25, 0.3) is 0 Å². The second-order valence-corrected chi connectivity index (χ2v) is 8.48. The third-order valence-electron chi connectivity index (χ3n) is 5.10. The first-order chi connectivity index (χ1) is 17.1.